The molecule has 2 N–H and O–H groups in total. The van der Waals surface area contributed by atoms with Crippen molar-refractivity contribution >= 4 is 12.8 Å². The second kappa shape index (κ2) is 18.4. The number of likely N-dealkylation sites (N-methyl/N-ethyl adjacent to an activating group) is 1. The number of hydrogen-bond donors (Lipinski definition) is 2. The van der Waals surface area contributed by atoms with Crippen molar-refractivity contribution in [1.29, 1.82) is 0 Å². The van der Waals surface area contributed by atoms with E-state index in [1.807, 2.05) is 25.8 Å². The van der Waals surface area contributed by atoms with Crippen LogP contribution in [0.3, 0.4) is 0 Å². The maximum Gasteiger partial charge on any atom is 0.329 e. The Morgan fingerprint density at radius 3 is 1.88 bits per heavy atom. The highest BCUT2D eigenvalue weighted by molar-refractivity contribution is 5.67. The molecular formula is C18H33NO6. The second-order valence-electron chi connectivity index (χ2n) is 5.14. The lowest BCUT2D eigenvalue weighted by atomic mass is 10.0. The van der Waals surface area contributed by atoms with Gasteiger partial charge in [0.25, 0.3) is 0 Å². The van der Waals surface area contributed by atoms with Crippen LogP contribution in [0.1, 0.15) is 16.7 Å². The van der Waals surface area contributed by atoms with Crippen LogP contribution >= 0.6 is 0 Å². The lowest BCUT2D eigenvalue weighted by Gasteiger charge is -2.07. The van der Waals surface area contributed by atoms with Crippen molar-refractivity contribution in [3.8, 4) is 5.75 Å². The highest BCUT2D eigenvalue weighted by Gasteiger charge is 1.99. The fourth-order valence-corrected chi connectivity index (χ4v) is 1.52. The summed E-state index contributed by atoms with van der Waals surface area (Å²) in [6.07, 6.45) is 0. The van der Waals surface area contributed by atoms with Gasteiger partial charge in [-0.25, -0.2) is 4.79 Å². The summed E-state index contributed by atoms with van der Waals surface area (Å²) in [6.45, 7) is 9.36. The van der Waals surface area contributed by atoms with Crippen molar-refractivity contribution in [2.45, 2.75) is 20.8 Å². The summed E-state index contributed by atoms with van der Waals surface area (Å²) in [4.78, 5) is 19.8. The van der Waals surface area contributed by atoms with Crippen molar-refractivity contribution in [1.82, 2.24) is 4.90 Å². The Balaban J connectivity index is -0.000000324. The zero-order valence-corrected chi connectivity index (χ0v) is 16.5. The molecule has 0 spiro atoms. The molecule has 0 aromatic heterocycles. The van der Waals surface area contributed by atoms with Crippen molar-refractivity contribution in [3.63, 3.8) is 0 Å². The molecule has 0 heterocycles. The first-order valence-electron chi connectivity index (χ1n) is 7.57. The van der Waals surface area contributed by atoms with Crippen LogP contribution in [0.25, 0.3) is 0 Å². The summed E-state index contributed by atoms with van der Waals surface area (Å²) in [7, 11) is 6.51. The lowest BCUT2D eigenvalue weighted by Crippen LogP contribution is -2.19. The van der Waals surface area contributed by atoms with E-state index >= 15 is 0 Å². The molecule has 1 aromatic rings. The highest BCUT2D eigenvalue weighted by Crippen LogP contribution is 2.20. The molecule has 0 aliphatic carbocycles. The van der Waals surface area contributed by atoms with Gasteiger partial charge in [0.05, 0.1) is 13.7 Å². The highest BCUT2D eigenvalue weighted by atomic mass is 16.5. The number of benzene rings is 1. The Morgan fingerprint density at radius 1 is 1.12 bits per heavy atom. The van der Waals surface area contributed by atoms with Crippen molar-refractivity contribution in [2.24, 2.45) is 0 Å². The molecule has 0 bridgehead atoms. The van der Waals surface area contributed by atoms with Gasteiger partial charge >= 0.3 is 5.97 Å². The van der Waals surface area contributed by atoms with Gasteiger partial charge in [-0.1, -0.05) is 0 Å². The van der Waals surface area contributed by atoms with Gasteiger partial charge in [0, 0.05) is 13.7 Å². The molecule has 0 saturated heterocycles. The van der Waals surface area contributed by atoms with Crippen LogP contribution in [-0.2, 0) is 14.3 Å². The summed E-state index contributed by atoms with van der Waals surface area (Å²) < 4.78 is 9.90. The number of carbonyl (C=O) groups is 2. The van der Waals surface area contributed by atoms with Gasteiger partial charge in [-0.3, -0.25) is 0 Å². The van der Waals surface area contributed by atoms with Gasteiger partial charge in [0.1, 0.15) is 19.1 Å². The van der Waals surface area contributed by atoms with Crippen molar-refractivity contribution < 1.29 is 29.3 Å². The van der Waals surface area contributed by atoms with E-state index in [9.17, 15) is 4.79 Å². The van der Waals surface area contributed by atoms with Crippen LogP contribution in [0.4, 0.5) is 0 Å². The van der Waals surface area contributed by atoms with Gasteiger partial charge in [0.2, 0.25) is 0 Å². The first kappa shape index (κ1) is 27.9. The number of ether oxygens (including phenoxy) is 2. The van der Waals surface area contributed by atoms with E-state index in [0.29, 0.717) is 6.61 Å². The van der Waals surface area contributed by atoms with E-state index in [1.54, 1.807) is 7.11 Å². The quantitative estimate of drug-likeness (QED) is 0.746. The van der Waals surface area contributed by atoms with Gasteiger partial charge in [0.15, 0.2) is 0 Å². The summed E-state index contributed by atoms with van der Waals surface area (Å²) >= 11 is 0. The molecule has 7 nitrogen and oxygen atoms in total. The molecular weight excluding hydrogens is 326 g/mol. The van der Waals surface area contributed by atoms with Gasteiger partial charge < -0.3 is 29.4 Å². The molecule has 0 aliphatic heterocycles. The third kappa shape index (κ3) is 16.7. The number of nitrogens with zero attached hydrogens (tertiary/aromatic N) is 1. The summed E-state index contributed by atoms with van der Waals surface area (Å²) in [5.74, 6) is 0.0318. The molecule has 0 aliphatic rings. The lowest BCUT2D eigenvalue weighted by molar-refractivity contribution is -0.142. The summed E-state index contributed by atoms with van der Waals surface area (Å²) in [6, 6.07) is 4.12. The van der Waals surface area contributed by atoms with E-state index in [4.69, 9.17) is 24.5 Å². The van der Waals surface area contributed by atoms with Gasteiger partial charge in [-0.05, 0) is 63.7 Å². The van der Waals surface area contributed by atoms with Crippen LogP contribution in [0.2, 0.25) is 0 Å². The van der Waals surface area contributed by atoms with Crippen LogP contribution in [-0.4, -0.2) is 75.9 Å². The molecule has 1 rings (SSSR count). The van der Waals surface area contributed by atoms with Crippen molar-refractivity contribution in [2.75, 3.05) is 48.1 Å². The van der Waals surface area contributed by atoms with Crippen molar-refractivity contribution in [3.05, 3.63) is 28.8 Å². The number of carboxylic acid groups (broad SMARTS) is 1. The van der Waals surface area contributed by atoms with E-state index < -0.39 is 5.97 Å². The standard InChI is InChI=1S/C10H14O.C6H13NO3.CH4O.CH2O/c1-7-5-10(11-4)6-8(2)9(7)3;1-7(2)3-4-10-5-6(8)9;2*1-2/h5-6H,1-4H3;3-5H2,1-2H3,(H,8,9);2H,1H3;1H2. The van der Waals surface area contributed by atoms with Gasteiger partial charge in [-0.2, -0.15) is 0 Å². The maximum atomic E-state index is 9.91. The third-order valence-corrected chi connectivity index (χ3v) is 3.04. The van der Waals surface area contributed by atoms with Gasteiger partial charge in [-0.15, -0.1) is 0 Å². The number of aryl methyl sites for hydroxylation is 2. The number of carbonyl (C=O) groups excluding carboxylic acids is 1. The van der Waals surface area contributed by atoms with Crippen LogP contribution in [0.5, 0.6) is 5.75 Å². The Morgan fingerprint density at radius 2 is 1.56 bits per heavy atom. The second-order valence-corrected chi connectivity index (χ2v) is 5.14. The smallest absolute Gasteiger partial charge is 0.329 e. The Kier molecular flexibility index (Phi) is 20.5. The minimum absolute atomic E-state index is 0.201. The van der Waals surface area contributed by atoms with Crippen LogP contribution in [0.15, 0.2) is 12.1 Å². The number of carboxylic acids is 1. The number of rotatable bonds is 6. The molecule has 25 heavy (non-hydrogen) atoms. The average molecular weight is 359 g/mol. The molecule has 0 atom stereocenters. The Hall–Kier alpha value is -1.96. The zero-order valence-electron chi connectivity index (χ0n) is 16.5. The normalized spacial score (nSPS) is 8.84. The predicted octanol–water partition coefficient (Wildman–Crippen LogP) is 1.69. The largest absolute Gasteiger partial charge is 0.497 e. The van der Waals surface area contributed by atoms with Crippen LogP contribution in [0, 0.1) is 20.8 Å². The van der Waals surface area contributed by atoms with Crippen LogP contribution < -0.4 is 4.74 Å². The molecule has 0 radical (unpaired) electrons. The van der Waals surface area contributed by atoms with E-state index in [0.717, 1.165) is 19.4 Å². The first-order valence-corrected chi connectivity index (χ1v) is 7.57. The predicted molar refractivity (Wildman–Crippen MR) is 99.5 cm³/mol. The minimum atomic E-state index is -0.918. The van der Waals surface area contributed by atoms with E-state index in [-0.39, 0.29) is 6.61 Å². The summed E-state index contributed by atoms with van der Waals surface area (Å²) in [5.41, 5.74) is 3.94. The third-order valence-electron chi connectivity index (χ3n) is 3.04. The maximum absolute atomic E-state index is 9.91. The fourth-order valence-electron chi connectivity index (χ4n) is 1.52. The molecule has 7 heteroatoms. The molecule has 0 fully saturated rings. The molecule has 0 saturated carbocycles. The zero-order chi connectivity index (χ0) is 20.4. The molecule has 0 unspecified atom stereocenters. The molecule has 0 amide bonds. The van der Waals surface area contributed by atoms with E-state index in [2.05, 4.69) is 32.9 Å². The minimum Gasteiger partial charge on any atom is -0.497 e. The summed E-state index contributed by atoms with van der Waals surface area (Å²) in [5, 5.41) is 15.1. The fraction of sp³-hybridized carbons (Fsp3) is 0.556. The molecule has 1 aromatic carbocycles. The monoisotopic (exact) mass is 359 g/mol. The average Bonchev–Trinajstić information content (AvgIpc) is 2.60. The first-order chi connectivity index (χ1) is 11.8. The van der Waals surface area contributed by atoms with E-state index in [1.165, 1.54) is 16.7 Å². The number of aliphatic carboxylic acids is 1. The Bertz CT molecular complexity index is 440. The topological polar surface area (TPSA) is 96.3 Å². The number of methoxy groups -OCH3 is 1. The Labute approximate surface area is 151 Å². The number of aliphatic hydroxyl groups excluding tert-OH is 1. The SMILES string of the molecule is C=O.CN(C)CCOCC(=O)O.CO.COc1cc(C)c(C)c(C)c1. The number of hydrogen-bond acceptors (Lipinski definition) is 6. The molecule has 146 valence electrons. The number of aliphatic hydroxyl groups is 1.